The molecule has 2 aromatic rings. The van der Waals surface area contributed by atoms with Crippen LogP contribution in [0, 0.1) is 11.7 Å². The Morgan fingerprint density at radius 2 is 1.54 bits per heavy atom. The van der Waals surface area contributed by atoms with Gasteiger partial charge in [0.1, 0.15) is 18.2 Å². The number of halogens is 1. The lowest BCUT2D eigenvalue weighted by Gasteiger charge is -2.34. The highest BCUT2D eigenvalue weighted by atomic mass is 19.1. The number of amides is 1. The molecule has 6 nitrogen and oxygen atoms in total. The Hall–Kier alpha value is -2.93. The third-order valence-electron chi connectivity index (χ3n) is 6.86. The average Bonchev–Trinajstić information content (AvgIpc) is 3.18. The first-order valence-electron chi connectivity index (χ1n) is 12.7. The molecule has 0 bridgehead atoms. The van der Waals surface area contributed by atoms with Crippen molar-refractivity contribution in [3.05, 3.63) is 66.0 Å². The minimum Gasteiger partial charge on any atom is -0.490 e. The number of ether oxygens (including phenoxy) is 2. The van der Waals surface area contributed by atoms with E-state index in [0.717, 1.165) is 70.5 Å². The second-order valence-electron chi connectivity index (χ2n) is 9.48. The van der Waals surface area contributed by atoms with Crippen LogP contribution in [0.1, 0.15) is 48.9 Å². The number of ketones is 1. The van der Waals surface area contributed by atoms with E-state index < -0.39 is 6.10 Å². The second-order valence-corrected chi connectivity index (χ2v) is 9.48. The maximum Gasteiger partial charge on any atom is 0.410 e. The van der Waals surface area contributed by atoms with Crippen LogP contribution in [-0.2, 0) is 4.74 Å². The second kappa shape index (κ2) is 12.7. The van der Waals surface area contributed by atoms with Gasteiger partial charge in [0.15, 0.2) is 11.9 Å². The van der Waals surface area contributed by atoms with Crippen LogP contribution < -0.4 is 4.74 Å². The molecular weight excluding hydrogens is 447 g/mol. The van der Waals surface area contributed by atoms with Crippen LogP contribution in [0.2, 0.25) is 0 Å². The lowest BCUT2D eigenvalue weighted by Crippen LogP contribution is -2.45. The van der Waals surface area contributed by atoms with Gasteiger partial charge in [0, 0.05) is 31.1 Å². The number of carbonyl (C=O) groups is 2. The molecule has 1 atom stereocenters. The van der Waals surface area contributed by atoms with Crippen LogP contribution in [-0.4, -0.2) is 67.1 Å². The molecule has 2 aromatic carbocycles. The predicted molar refractivity (Wildman–Crippen MR) is 132 cm³/mol. The SMILES string of the molecule is O=C(c1ccc(F)cc1)C1CCN(CC(COc2ccccc2)OC(=O)N2CCCCCC2)CC1. The van der Waals surface area contributed by atoms with Gasteiger partial charge in [-0.1, -0.05) is 31.0 Å². The molecule has 0 spiro atoms. The fraction of sp³-hybridized carbons (Fsp3) is 0.500. The van der Waals surface area contributed by atoms with Gasteiger partial charge in [0.05, 0.1) is 0 Å². The zero-order valence-corrected chi connectivity index (χ0v) is 20.2. The highest BCUT2D eigenvalue weighted by Crippen LogP contribution is 2.23. The van der Waals surface area contributed by atoms with Gasteiger partial charge in [-0.15, -0.1) is 0 Å². The van der Waals surface area contributed by atoms with E-state index in [4.69, 9.17) is 9.47 Å². The first kappa shape index (κ1) is 25.2. The number of piperidine rings is 1. The highest BCUT2D eigenvalue weighted by molar-refractivity contribution is 5.97. The van der Waals surface area contributed by atoms with Crippen LogP contribution in [0.25, 0.3) is 0 Å². The Morgan fingerprint density at radius 1 is 0.886 bits per heavy atom. The number of carbonyl (C=O) groups excluding carboxylic acids is 2. The molecule has 0 radical (unpaired) electrons. The third-order valence-corrected chi connectivity index (χ3v) is 6.86. The molecule has 7 heteroatoms. The number of rotatable bonds is 8. The Morgan fingerprint density at radius 3 is 2.20 bits per heavy atom. The lowest BCUT2D eigenvalue weighted by molar-refractivity contribution is 0.0151. The van der Waals surface area contributed by atoms with Gasteiger partial charge >= 0.3 is 6.09 Å². The van der Waals surface area contributed by atoms with E-state index in [1.807, 2.05) is 35.2 Å². The molecule has 0 saturated carbocycles. The number of nitrogens with zero attached hydrogens (tertiary/aromatic N) is 2. The smallest absolute Gasteiger partial charge is 0.410 e. The summed E-state index contributed by atoms with van der Waals surface area (Å²) in [6.45, 7) is 3.79. The summed E-state index contributed by atoms with van der Waals surface area (Å²) in [5.41, 5.74) is 0.561. The van der Waals surface area contributed by atoms with Gasteiger partial charge in [-0.25, -0.2) is 9.18 Å². The number of para-hydroxylation sites is 1. The summed E-state index contributed by atoms with van der Waals surface area (Å²) < 4.78 is 25.1. The fourth-order valence-electron chi connectivity index (χ4n) is 4.82. The highest BCUT2D eigenvalue weighted by Gasteiger charge is 2.29. The topological polar surface area (TPSA) is 59.1 Å². The van der Waals surface area contributed by atoms with E-state index in [-0.39, 0.29) is 30.2 Å². The Balaban J connectivity index is 1.32. The minimum atomic E-state index is -0.407. The van der Waals surface area contributed by atoms with Gasteiger partial charge in [0.2, 0.25) is 0 Å². The van der Waals surface area contributed by atoms with E-state index in [1.165, 1.54) is 12.1 Å². The van der Waals surface area contributed by atoms with Crippen molar-refractivity contribution in [1.82, 2.24) is 9.80 Å². The van der Waals surface area contributed by atoms with E-state index in [1.54, 1.807) is 12.1 Å². The maximum atomic E-state index is 13.2. The van der Waals surface area contributed by atoms with Crippen molar-refractivity contribution in [3.63, 3.8) is 0 Å². The first-order valence-corrected chi connectivity index (χ1v) is 12.7. The van der Waals surface area contributed by atoms with Gasteiger partial charge < -0.3 is 14.4 Å². The van der Waals surface area contributed by atoms with Crippen LogP contribution in [0.3, 0.4) is 0 Å². The number of Topliss-reactive ketones (excluding diaryl/α,β-unsaturated/α-hetero) is 1. The zero-order chi connectivity index (χ0) is 24.5. The van der Waals surface area contributed by atoms with Crippen LogP contribution in [0.5, 0.6) is 5.75 Å². The van der Waals surface area contributed by atoms with Gasteiger partial charge in [-0.3, -0.25) is 9.69 Å². The van der Waals surface area contributed by atoms with Crippen molar-refractivity contribution >= 4 is 11.9 Å². The minimum absolute atomic E-state index is 0.0706. The molecule has 0 N–H and O–H groups in total. The molecule has 35 heavy (non-hydrogen) atoms. The van der Waals surface area contributed by atoms with E-state index in [2.05, 4.69) is 4.90 Å². The molecule has 2 aliphatic rings. The summed E-state index contributed by atoms with van der Waals surface area (Å²) in [6.07, 6.45) is 5.09. The number of hydrogen-bond donors (Lipinski definition) is 0. The number of benzene rings is 2. The zero-order valence-electron chi connectivity index (χ0n) is 20.2. The fourth-order valence-corrected chi connectivity index (χ4v) is 4.82. The largest absolute Gasteiger partial charge is 0.490 e. The van der Waals surface area contributed by atoms with E-state index in [0.29, 0.717) is 12.1 Å². The van der Waals surface area contributed by atoms with Crippen molar-refractivity contribution in [3.8, 4) is 5.75 Å². The molecule has 2 aliphatic heterocycles. The molecule has 0 aromatic heterocycles. The van der Waals surface area contributed by atoms with Gasteiger partial charge in [0.25, 0.3) is 0 Å². The maximum absolute atomic E-state index is 13.2. The van der Waals surface area contributed by atoms with Gasteiger partial charge in [-0.05, 0) is 75.2 Å². The summed E-state index contributed by atoms with van der Waals surface area (Å²) in [7, 11) is 0. The molecule has 2 saturated heterocycles. The summed E-state index contributed by atoms with van der Waals surface area (Å²) in [4.78, 5) is 29.8. The third kappa shape index (κ3) is 7.52. The average molecular weight is 483 g/mol. The van der Waals surface area contributed by atoms with Crippen molar-refractivity contribution in [2.75, 3.05) is 39.3 Å². The normalized spacial score (nSPS) is 18.5. The van der Waals surface area contributed by atoms with Crippen LogP contribution >= 0.6 is 0 Å². The molecule has 2 heterocycles. The summed E-state index contributed by atoms with van der Waals surface area (Å²) in [5.74, 6) is 0.401. The van der Waals surface area contributed by atoms with E-state index >= 15 is 0 Å². The molecule has 1 unspecified atom stereocenters. The standard InChI is InChI=1S/C28H35FN2O4/c29-24-12-10-22(11-13-24)27(32)23-14-18-30(19-15-23)20-26(21-34-25-8-4-3-5-9-25)35-28(33)31-16-6-1-2-7-17-31/h3-5,8-13,23,26H,1-2,6-7,14-21H2. The van der Waals surface area contributed by atoms with Crippen LogP contribution in [0.15, 0.2) is 54.6 Å². The van der Waals surface area contributed by atoms with Crippen molar-refractivity contribution in [2.45, 2.75) is 44.6 Å². The number of hydrogen-bond acceptors (Lipinski definition) is 5. The summed E-state index contributed by atoms with van der Waals surface area (Å²) in [6, 6.07) is 15.3. The molecule has 1 amide bonds. The van der Waals surface area contributed by atoms with Crippen LogP contribution in [0.4, 0.5) is 9.18 Å². The predicted octanol–water partition coefficient (Wildman–Crippen LogP) is 5.18. The molecule has 2 fully saturated rings. The lowest BCUT2D eigenvalue weighted by atomic mass is 9.89. The Labute approximate surface area is 207 Å². The Kier molecular flexibility index (Phi) is 9.12. The Bertz CT molecular complexity index is 937. The van der Waals surface area contributed by atoms with E-state index in [9.17, 15) is 14.0 Å². The quantitative estimate of drug-likeness (QED) is 0.485. The molecule has 4 rings (SSSR count). The van der Waals surface area contributed by atoms with Gasteiger partial charge in [-0.2, -0.15) is 0 Å². The number of likely N-dealkylation sites (tertiary alicyclic amines) is 2. The monoisotopic (exact) mass is 482 g/mol. The molecular formula is C28H35FN2O4. The summed E-state index contributed by atoms with van der Waals surface area (Å²) in [5, 5.41) is 0. The van der Waals surface area contributed by atoms with Crippen molar-refractivity contribution < 1.29 is 23.5 Å². The first-order chi connectivity index (χ1) is 17.1. The van der Waals surface area contributed by atoms with Crippen molar-refractivity contribution in [2.24, 2.45) is 5.92 Å². The van der Waals surface area contributed by atoms with Crippen molar-refractivity contribution in [1.29, 1.82) is 0 Å². The summed E-state index contributed by atoms with van der Waals surface area (Å²) >= 11 is 0. The molecule has 0 aliphatic carbocycles. The molecule has 188 valence electrons.